The van der Waals surface area contributed by atoms with Gasteiger partial charge in [-0.15, -0.1) is 0 Å². The lowest BCUT2D eigenvalue weighted by Gasteiger charge is -2.16. The van der Waals surface area contributed by atoms with Gasteiger partial charge in [-0.2, -0.15) is 0 Å². The Bertz CT molecular complexity index is 80.1. The summed E-state index contributed by atoms with van der Waals surface area (Å²) in [5.41, 5.74) is 0. The van der Waals surface area contributed by atoms with Crippen LogP contribution in [0.15, 0.2) is 0 Å². The topological polar surface area (TPSA) is 24.1 Å². The minimum atomic E-state index is -0.786. The summed E-state index contributed by atoms with van der Waals surface area (Å²) in [6, 6.07) is -0.0440. The van der Waals surface area contributed by atoms with Gasteiger partial charge in [-0.05, 0) is 26.9 Å². The van der Waals surface area contributed by atoms with Gasteiger partial charge in [0.25, 0.3) is 0 Å². The highest BCUT2D eigenvalue weighted by molar-refractivity contribution is 7.13. The number of hydrogen-bond acceptors (Lipinski definition) is 2. The molecule has 0 aromatic carbocycles. The number of rotatable bonds is 5. The molecule has 62 valence electrons. The van der Waals surface area contributed by atoms with Gasteiger partial charge in [-0.3, -0.25) is 5.09 Å². The van der Waals surface area contributed by atoms with Crippen LogP contribution < -0.4 is 10.4 Å². The molecule has 3 atom stereocenters. The van der Waals surface area contributed by atoms with E-state index in [1.165, 1.54) is 0 Å². The molecule has 0 aliphatic rings. The van der Waals surface area contributed by atoms with Crippen molar-refractivity contribution in [2.45, 2.75) is 25.6 Å². The molecule has 0 aromatic heterocycles. The zero-order valence-electron chi connectivity index (χ0n) is 6.52. The van der Waals surface area contributed by atoms with E-state index < -0.39 is 6.17 Å². The molecule has 10 heavy (non-hydrogen) atoms. The Morgan fingerprint density at radius 2 is 2.20 bits per heavy atom. The average Bonchev–Trinajstić information content (AvgIpc) is 1.89. The highest BCUT2D eigenvalue weighted by atomic mass is 31.0. The standard InChI is InChI=1S/C6H16FN2P/c1-5(7)6(9-10)3-4-8-2/h5-6,8-9H,3-4,10H2,1-2H3. The second-order valence-corrected chi connectivity index (χ2v) is 2.68. The predicted molar refractivity (Wildman–Crippen MR) is 45.7 cm³/mol. The van der Waals surface area contributed by atoms with Crippen molar-refractivity contribution in [1.29, 1.82) is 0 Å². The highest BCUT2D eigenvalue weighted by Gasteiger charge is 2.12. The first-order valence-corrected chi connectivity index (χ1v) is 4.05. The fraction of sp³-hybridized carbons (Fsp3) is 1.00. The maximum absolute atomic E-state index is 12.6. The third-order valence-electron chi connectivity index (χ3n) is 1.47. The van der Waals surface area contributed by atoms with Crippen molar-refractivity contribution in [2.24, 2.45) is 0 Å². The van der Waals surface area contributed by atoms with Gasteiger partial charge < -0.3 is 5.32 Å². The van der Waals surface area contributed by atoms with Crippen LogP contribution in [0.25, 0.3) is 0 Å². The number of nitrogens with one attached hydrogen (secondary N) is 2. The number of alkyl halides is 1. The molecule has 0 amide bonds. The fourth-order valence-corrected chi connectivity index (χ4v) is 1.18. The lowest BCUT2D eigenvalue weighted by atomic mass is 10.1. The van der Waals surface area contributed by atoms with Crippen molar-refractivity contribution < 1.29 is 4.39 Å². The summed E-state index contributed by atoms with van der Waals surface area (Å²) in [4.78, 5) is 0. The van der Waals surface area contributed by atoms with Crippen LogP contribution >= 0.6 is 9.39 Å². The molecule has 0 fully saturated rings. The normalized spacial score (nSPS) is 16.8. The third-order valence-corrected chi connectivity index (χ3v) is 1.90. The summed E-state index contributed by atoms with van der Waals surface area (Å²) in [6.07, 6.45) is 0.0309. The van der Waals surface area contributed by atoms with E-state index in [1.807, 2.05) is 7.05 Å². The summed E-state index contributed by atoms with van der Waals surface area (Å²) >= 11 is 0. The highest BCUT2D eigenvalue weighted by Crippen LogP contribution is 2.03. The molecule has 0 radical (unpaired) electrons. The Kier molecular flexibility index (Phi) is 6.19. The van der Waals surface area contributed by atoms with Gasteiger partial charge in [0.05, 0.1) is 0 Å². The van der Waals surface area contributed by atoms with Gasteiger partial charge in [0.1, 0.15) is 6.17 Å². The van der Waals surface area contributed by atoms with Crippen LogP contribution in [0, 0.1) is 0 Å². The van der Waals surface area contributed by atoms with Crippen LogP contribution in [0.4, 0.5) is 4.39 Å². The zero-order valence-corrected chi connectivity index (χ0v) is 7.68. The summed E-state index contributed by atoms with van der Waals surface area (Å²) in [6.45, 7) is 2.41. The predicted octanol–water partition coefficient (Wildman–Crippen LogP) is 0.702. The molecule has 3 unspecified atom stereocenters. The quantitative estimate of drug-likeness (QED) is 0.587. The van der Waals surface area contributed by atoms with Crippen molar-refractivity contribution in [2.75, 3.05) is 13.6 Å². The fourth-order valence-electron chi connectivity index (χ4n) is 0.745. The van der Waals surface area contributed by atoms with E-state index in [0.717, 1.165) is 13.0 Å². The Morgan fingerprint density at radius 1 is 1.60 bits per heavy atom. The Hall–Kier alpha value is 0.280. The first kappa shape index (κ1) is 10.3. The molecule has 2 nitrogen and oxygen atoms in total. The molecule has 0 saturated carbocycles. The third kappa shape index (κ3) is 4.15. The molecule has 0 aromatic rings. The maximum atomic E-state index is 12.6. The van der Waals surface area contributed by atoms with Gasteiger partial charge in [0.2, 0.25) is 0 Å². The Balaban J connectivity index is 3.40. The largest absolute Gasteiger partial charge is 0.320 e. The van der Waals surface area contributed by atoms with E-state index in [1.54, 1.807) is 6.92 Å². The molecule has 4 heteroatoms. The SMILES string of the molecule is CNCCC(NP)C(C)F. The van der Waals surface area contributed by atoms with E-state index in [0.29, 0.717) is 0 Å². The Labute approximate surface area is 64.2 Å². The summed E-state index contributed by atoms with van der Waals surface area (Å²) in [5.74, 6) is 0. The van der Waals surface area contributed by atoms with Crippen LogP contribution in [0.5, 0.6) is 0 Å². The van der Waals surface area contributed by atoms with E-state index in [9.17, 15) is 4.39 Å². The second kappa shape index (κ2) is 6.02. The summed E-state index contributed by atoms with van der Waals surface area (Å²) in [7, 11) is 4.20. The number of halogens is 1. The van der Waals surface area contributed by atoms with Gasteiger partial charge in [0.15, 0.2) is 0 Å². The van der Waals surface area contributed by atoms with Gasteiger partial charge in [-0.1, -0.05) is 9.39 Å². The van der Waals surface area contributed by atoms with Gasteiger partial charge >= 0.3 is 0 Å². The molecule has 0 spiro atoms. The molecule has 0 bridgehead atoms. The lowest BCUT2D eigenvalue weighted by Crippen LogP contribution is -2.32. The molecule has 0 saturated heterocycles. The van der Waals surface area contributed by atoms with Gasteiger partial charge in [-0.25, -0.2) is 4.39 Å². The van der Waals surface area contributed by atoms with Crippen LogP contribution in [-0.4, -0.2) is 25.8 Å². The van der Waals surface area contributed by atoms with Crippen LogP contribution in [-0.2, 0) is 0 Å². The monoisotopic (exact) mass is 166 g/mol. The van der Waals surface area contributed by atoms with Crippen molar-refractivity contribution in [1.82, 2.24) is 10.4 Å². The minimum absolute atomic E-state index is 0.0440. The van der Waals surface area contributed by atoms with Gasteiger partial charge in [0, 0.05) is 6.04 Å². The molecule has 0 aliphatic carbocycles. The molecular weight excluding hydrogens is 150 g/mol. The second-order valence-electron chi connectivity index (χ2n) is 2.34. The van der Waals surface area contributed by atoms with Crippen molar-refractivity contribution >= 4 is 9.39 Å². The van der Waals surface area contributed by atoms with Crippen LogP contribution in [0.2, 0.25) is 0 Å². The van der Waals surface area contributed by atoms with Crippen molar-refractivity contribution in [3.8, 4) is 0 Å². The van der Waals surface area contributed by atoms with E-state index in [-0.39, 0.29) is 6.04 Å². The molecule has 0 aliphatic heterocycles. The van der Waals surface area contributed by atoms with Crippen LogP contribution in [0.3, 0.4) is 0 Å². The summed E-state index contributed by atoms with van der Waals surface area (Å²) in [5, 5.41) is 5.81. The number of hydrogen-bond donors (Lipinski definition) is 2. The van der Waals surface area contributed by atoms with Crippen LogP contribution in [0.1, 0.15) is 13.3 Å². The molecule has 0 rings (SSSR count). The zero-order chi connectivity index (χ0) is 7.98. The van der Waals surface area contributed by atoms with E-state index >= 15 is 0 Å². The lowest BCUT2D eigenvalue weighted by molar-refractivity contribution is 0.284. The Morgan fingerprint density at radius 3 is 2.50 bits per heavy atom. The molecule has 2 N–H and O–H groups in total. The summed E-state index contributed by atoms with van der Waals surface area (Å²) < 4.78 is 12.6. The maximum Gasteiger partial charge on any atom is 0.113 e. The smallest absolute Gasteiger partial charge is 0.113 e. The van der Waals surface area contributed by atoms with E-state index in [2.05, 4.69) is 19.8 Å². The first-order valence-electron chi connectivity index (χ1n) is 3.47. The van der Waals surface area contributed by atoms with Crippen molar-refractivity contribution in [3.63, 3.8) is 0 Å². The first-order chi connectivity index (χ1) is 4.72. The van der Waals surface area contributed by atoms with Crippen molar-refractivity contribution in [3.05, 3.63) is 0 Å². The van der Waals surface area contributed by atoms with E-state index in [4.69, 9.17) is 0 Å². The molecule has 0 heterocycles. The minimum Gasteiger partial charge on any atom is -0.320 e. The molecular formula is C6H16FN2P. The average molecular weight is 166 g/mol.